The second-order valence-electron chi connectivity index (χ2n) is 6.20. The van der Waals surface area contributed by atoms with Gasteiger partial charge in [-0.05, 0) is 43.2 Å². The van der Waals surface area contributed by atoms with Crippen molar-refractivity contribution in [3.05, 3.63) is 46.2 Å². The fraction of sp³-hybridized carbons (Fsp3) is 0.471. The van der Waals surface area contributed by atoms with Gasteiger partial charge >= 0.3 is 0 Å². The van der Waals surface area contributed by atoms with Crippen LogP contribution in [0.5, 0.6) is 0 Å². The first-order valence-corrected chi connectivity index (χ1v) is 8.86. The molecule has 2 fully saturated rings. The standard InChI is InChI=1S/C17H19N3O2S/c1-11-18-6-4-13(19-11)14-9-12-5-7-20(10-15(12)22-14)17(21)16-3-2-8-23-16/h2-4,6,8,12,14-15H,5,7,9-10H2,1H3/t12-,14+,15+/m1/s1. The molecule has 0 radical (unpaired) electrons. The van der Waals surface area contributed by atoms with Crippen LogP contribution in [-0.2, 0) is 4.74 Å². The number of fused-ring (bicyclic) bond motifs is 1. The number of thiophene rings is 1. The molecule has 2 aliphatic rings. The van der Waals surface area contributed by atoms with Gasteiger partial charge in [-0.25, -0.2) is 9.97 Å². The summed E-state index contributed by atoms with van der Waals surface area (Å²) in [6.45, 7) is 3.39. The van der Waals surface area contributed by atoms with Crippen LogP contribution in [0.4, 0.5) is 0 Å². The molecule has 2 saturated heterocycles. The van der Waals surface area contributed by atoms with Crippen molar-refractivity contribution < 1.29 is 9.53 Å². The maximum atomic E-state index is 12.5. The van der Waals surface area contributed by atoms with Gasteiger partial charge in [0.2, 0.25) is 0 Å². The fourth-order valence-electron chi connectivity index (χ4n) is 3.52. The largest absolute Gasteiger partial charge is 0.367 e. The normalized spacial score (nSPS) is 27.0. The second kappa shape index (κ2) is 6.02. The Kier molecular flexibility index (Phi) is 3.87. The van der Waals surface area contributed by atoms with Crippen molar-refractivity contribution in [2.24, 2.45) is 5.92 Å². The summed E-state index contributed by atoms with van der Waals surface area (Å²) in [5, 5.41) is 1.94. The number of ether oxygens (including phenoxy) is 1. The summed E-state index contributed by atoms with van der Waals surface area (Å²) in [7, 11) is 0. The molecule has 0 aliphatic carbocycles. The van der Waals surface area contributed by atoms with Crippen LogP contribution in [0.25, 0.3) is 0 Å². The van der Waals surface area contributed by atoms with Crippen LogP contribution >= 0.6 is 11.3 Å². The molecule has 0 bridgehead atoms. The van der Waals surface area contributed by atoms with Gasteiger partial charge in [-0.1, -0.05) is 6.07 Å². The van der Waals surface area contributed by atoms with Crippen LogP contribution in [0.1, 0.15) is 40.1 Å². The topological polar surface area (TPSA) is 55.3 Å². The highest BCUT2D eigenvalue weighted by Gasteiger charge is 2.41. The quantitative estimate of drug-likeness (QED) is 0.850. The van der Waals surface area contributed by atoms with E-state index in [4.69, 9.17) is 4.74 Å². The molecule has 2 aromatic heterocycles. The molecule has 0 unspecified atom stereocenters. The number of nitrogens with zero attached hydrogens (tertiary/aromatic N) is 3. The van der Waals surface area contributed by atoms with Gasteiger partial charge < -0.3 is 9.64 Å². The predicted octanol–water partition coefficient (Wildman–Crippen LogP) is 2.84. The van der Waals surface area contributed by atoms with Gasteiger partial charge in [0.25, 0.3) is 5.91 Å². The molecule has 3 atom stereocenters. The molecule has 4 rings (SSSR count). The van der Waals surface area contributed by atoms with Crippen molar-refractivity contribution in [2.45, 2.75) is 32.0 Å². The predicted molar refractivity (Wildman–Crippen MR) is 87.3 cm³/mol. The van der Waals surface area contributed by atoms with Crippen molar-refractivity contribution in [2.75, 3.05) is 13.1 Å². The Morgan fingerprint density at radius 1 is 1.43 bits per heavy atom. The summed E-state index contributed by atoms with van der Waals surface area (Å²) in [4.78, 5) is 23.9. The van der Waals surface area contributed by atoms with Crippen LogP contribution in [0.15, 0.2) is 29.8 Å². The van der Waals surface area contributed by atoms with Crippen LogP contribution in [0, 0.1) is 12.8 Å². The molecule has 120 valence electrons. The molecule has 2 aromatic rings. The van der Waals surface area contributed by atoms with Crippen LogP contribution in [0.3, 0.4) is 0 Å². The number of carbonyl (C=O) groups is 1. The molecule has 4 heterocycles. The average molecular weight is 329 g/mol. The van der Waals surface area contributed by atoms with E-state index >= 15 is 0 Å². The smallest absolute Gasteiger partial charge is 0.264 e. The minimum Gasteiger partial charge on any atom is -0.367 e. The number of aryl methyl sites for hydroxylation is 1. The summed E-state index contributed by atoms with van der Waals surface area (Å²) in [6.07, 6.45) is 3.93. The van der Waals surface area contributed by atoms with E-state index in [1.54, 1.807) is 6.20 Å². The SMILES string of the molecule is Cc1nccc([C@@H]2C[C@H]3CCN(C(=O)c4cccs4)C[C@@H]3O2)n1. The van der Waals surface area contributed by atoms with Crippen LogP contribution in [-0.4, -0.2) is 40.0 Å². The first-order chi connectivity index (χ1) is 11.2. The molecule has 5 nitrogen and oxygen atoms in total. The number of carbonyl (C=O) groups excluding carboxylic acids is 1. The Balaban J connectivity index is 1.45. The number of rotatable bonds is 2. The van der Waals surface area contributed by atoms with Gasteiger partial charge in [0.15, 0.2) is 0 Å². The minimum absolute atomic E-state index is 0.0310. The van der Waals surface area contributed by atoms with E-state index in [-0.39, 0.29) is 18.1 Å². The maximum Gasteiger partial charge on any atom is 0.264 e. The number of piperidine rings is 1. The average Bonchev–Trinajstić information content (AvgIpc) is 3.23. The van der Waals surface area contributed by atoms with Crippen LogP contribution in [0.2, 0.25) is 0 Å². The Hall–Kier alpha value is -1.79. The molecule has 0 spiro atoms. The third-order valence-corrected chi connectivity index (χ3v) is 5.56. The first-order valence-electron chi connectivity index (χ1n) is 7.98. The van der Waals surface area contributed by atoms with Crippen molar-refractivity contribution in [3.8, 4) is 0 Å². The van der Waals surface area contributed by atoms with Crippen molar-refractivity contribution in [3.63, 3.8) is 0 Å². The zero-order valence-electron chi connectivity index (χ0n) is 13.0. The van der Waals surface area contributed by atoms with E-state index in [0.717, 1.165) is 35.8 Å². The summed E-state index contributed by atoms with van der Waals surface area (Å²) in [6, 6.07) is 5.74. The molecule has 23 heavy (non-hydrogen) atoms. The molecular formula is C17H19N3O2S. The summed E-state index contributed by atoms with van der Waals surface area (Å²) in [5.41, 5.74) is 0.961. The van der Waals surface area contributed by atoms with E-state index < -0.39 is 0 Å². The highest BCUT2D eigenvalue weighted by molar-refractivity contribution is 7.12. The number of amides is 1. The lowest BCUT2D eigenvalue weighted by Gasteiger charge is -2.33. The zero-order chi connectivity index (χ0) is 15.8. The lowest BCUT2D eigenvalue weighted by Crippen LogP contribution is -2.45. The number of likely N-dealkylation sites (tertiary alicyclic amines) is 1. The molecule has 0 aromatic carbocycles. The highest BCUT2D eigenvalue weighted by atomic mass is 32.1. The molecule has 1 amide bonds. The van der Waals surface area contributed by atoms with E-state index in [1.807, 2.05) is 35.4 Å². The number of hydrogen-bond acceptors (Lipinski definition) is 5. The lowest BCUT2D eigenvalue weighted by molar-refractivity contribution is -0.00555. The van der Waals surface area contributed by atoms with E-state index in [0.29, 0.717) is 12.5 Å². The van der Waals surface area contributed by atoms with Crippen molar-refractivity contribution in [1.29, 1.82) is 0 Å². The van der Waals surface area contributed by atoms with E-state index in [9.17, 15) is 4.79 Å². The van der Waals surface area contributed by atoms with Crippen LogP contribution < -0.4 is 0 Å². The van der Waals surface area contributed by atoms with Crippen molar-refractivity contribution >= 4 is 17.2 Å². The number of aromatic nitrogens is 2. The Bertz CT molecular complexity index is 704. The van der Waals surface area contributed by atoms with Gasteiger partial charge in [0.05, 0.1) is 16.7 Å². The summed E-state index contributed by atoms with van der Waals surface area (Å²) < 4.78 is 6.22. The minimum atomic E-state index is 0.0310. The molecular weight excluding hydrogens is 310 g/mol. The number of hydrogen-bond donors (Lipinski definition) is 0. The third kappa shape index (κ3) is 2.88. The van der Waals surface area contributed by atoms with Gasteiger partial charge in [0, 0.05) is 19.3 Å². The van der Waals surface area contributed by atoms with Gasteiger partial charge in [-0.15, -0.1) is 11.3 Å². The monoisotopic (exact) mass is 329 g/mol. The lowest BCUT2D eigenvalue weighted by atomic mass is 9.91. The molecule has 0 saturated carbocycles. The Morgan fingerprint density at radius 3 is 3.13 bits per heavy atom. The summed E-state index contributed by atoms with van der Waals surface area (Å²) >= 11 is 1.50. The fourth-order valence-corrected chi connectivity index (χ4v) is 4.21. The Morgan fingerprint density at radius 2 is 2.35 bits per heavy atom. The van der Waals surface area contributed by atoms with Gasteiger partial charge in [-0.2, -0.15) is 0 Å². The molecule has 6 heteroatoms. The Labute approximate surface area is 139 Å². The first kappa shape index (κ1) is 14.8. The van der Waals surface area contributed by atoms with E-state index in [1.165, 1.54) is 11.3 Å². The zero-order valence-corrected chi connectivity index (χ0v) is 13.8. The third-order valence-electron chi connectivity index (χ3n) is 4.70. The molecule has 0 N–H and O–H groups in total. The van der Waals surface area contributed by atoms with E-state index in [2.05, 4.69) is 9.97 Å². The van der Waals surface area contributed by atoms with Gasteiger partial charge in [0.1, 0.15) is 11.9 Å². The maximum absolute atomic E-state index is 12.5. The molecule has 2 aliphatic heterocycles. The summed E-state index contributed by atoms with van der Waals surface area (Å²) in [5.74, 6) is 1.42. The van der Waals surface area contributed by atoms with Gasteiger partial charge in [-0.3, -0.25) is 4.79 Å². The second-order valence-corrected chi connectivity index (χ2v) is 7.15. The highest BCUT2D eigenvalue weighted by Crippen LogP contribution is 2.40. The van der Waals surface area contributed by atoms with Crippen molar-refractivity contribution in [1.82, 2.24) is 14.9 Å².